The Bertz CT molecular complexity index is 1400. The lowest BCUT2D eigenvalue weighted by atomic mass is 9.95. The summed E-state index contributed by atoms with van der Waals surface area (Å²) in [5, 5.41) is 6.30. The summed E-state index contributed by atoms with van der Waals surface area (Å²) in [6.07, 6.45) is 0. The lowest BCUT2D eigenvalue weighted by Crippen LogP contribution is -2.40. The van der Waals surface area contributed by atoms with Crippen LogP contribution in [0.5, 0.6) is 0 Å². The fraction of sp³-hybridized carbons (Fsp3) is 0.214. The SMILES string of the molecule is CNC(=O)c1c(-c2ccc(F)cc2)oc2ccc(-c3cc(C(=O)NC(C)(C)C)ccc3C)cc12. The second kappa shape index (κ2) is 8.78. The highest BCUT2D eigenvalue weighted by molar-refractivity contribution is 6.12. The zero-order chi connectivity index (χ0) is 24.6. The molecule has 4 aromatic rings. The maximum Gasteiger partial charge on any atom is 0.255 e. The molecule has 0 saturated heterocycles. The molecule has 0 spiro atoms. The number of amides is 2. The normalized spacial score (nSPS) is 11.5. The fourth-order valence-corrected chi connectivity index (χ4v) is 3.91. The number of carbonyl (C=O) groups excluding carboxylic acids is 2. The van der Waals surface area contributed by atoms with Gasteiger partial charge in [0.25, 0.3) is 11.8 Å². The predicted octanol–water partition coefficient (Wildman–Crippen LogP) is 6.10. The van der Waals surface area contributed by atoms with Crippen molar-refractivity contribution in [2.45, 2.75) is 33.2 Å². The van der Waals surface area contributed by atoms with E-state index in [1.807, 2.05) is 58.0 Å². The summed E-state index contributed by atoms with van der Waals surface area (Å²) in [6.45, 7) is 7.79. The van der Waals surface area contributed by atoms with Gasteiger partial charge in [-0.3, -0.25) is 9.59 Å². The predicted molar refractivity (Wildman–Crippen MR) is 132 cm³/mol. The molecule has 3 aromatic carbocycles. The highest BCUT2D eigenvalue weighted by Crippen LogP contribution is 2.37. The van der Waals surface area contributed by atoms with Crippen LogP contribution in [0.25, 0.3) is 33.4 Å². The van der Waals surface area contributed by atoms with Crippen LogP contribution in [0.2, 0.25) is 0 Å². The molecule has 4 rings (SSSR count). The van der Waals surface area contributed by atoms with E-state index in [4.69, 9.17) is 4.42 Å². The van der Waals surface area contributed by atoms with E-state index in [0.717, 1.165) is 16.7 Å². The molecular weight excluding hydrogens is 431 g/mol. The number of furan rings is 1. The molecule has 0 atom stereocenters. The highest BCUT2D eigenvalue weighted by Gasteiger charge is 2.23. The van der Waals surface area contributed by atoms with Crippen LogP contribution < -0.4 is 10.6 Å². The van der Waals surface area contributed by atoms with Crippen molar-refractivity contribution in [1.29, 1.82) is 0 Å². The van der Waals surface area contributed by atoms with E-state index in [1.165, 1.54) is 12.1 Å². The Morgan fingerprint density at radius 3 is 2.21 bits per heavy atom. The number of aryl methyl sites for hydroxylation is 1. The van der Waals surface area contributed by atoms with Gasteiger partial charge in [-0.2, -0.15) is 0 Å². The molecule has 0 unspecified atom stereocenters. The van der Waals surface area contributed by atoms with Crippen LogP contribution in [0.4, 0.5) is 4.39 Å². The lowest BCUT2D eigenvalue weighted by molar-refractivity contribution is 0.0918. The first-order chi connectivity index (χ1) is 16.1. The average Bonchev–Trinajstić information content (AvgIpc) is 3.17. The van der Waals surface area contributed by atoms with Crippen molar-refractivity contribution in [2.24, 2.45) is 0 Å². The van der Waals surface area contributed by atoms with Crippen LogP contribution in [0.1, 0.15) is 47.1 Å². The van der Waals surface area contributed by atoms with E-state index in [-0.39, 0.29) is 23.2 Å². The molecule has 174 valence electrons. The Morgan fingerprint density at radius 2 is 1.56 bits per heavy atom. The van der Waals surface area contributed by atoms with Gasteiger partial charge >= 0.3 is 0 Å². The maximum absolute atomic E-state index is 13.5. The largest absolute Gasteiger partial charge is 0.455 e. The number of benzene rings is 3. The number of halogens is 1. The van der Waals surface area contributed by atoms with Gasteiger partial charge < -0.3 is 15.1 Å². The van der Waals surface area contributed by atoms with Gasteiger partial charge in [-0.1, -0.05) is 12.1 Å². The van der Waals surface area contributed by atoms with Gasteiger partial charge in [0.05, 0.1) is 5.56 Å². The van der Waals surface area contributed by atoms with Crippen molar-refractivity contribution in [1.82, 2.24) is 10.6 Å². The van der Waals surface area contributed by atoms with Crippen molar-refractivity contribution in [3.8, 4) is 22.5 Å². The van der Waals surface area contributed by atoms with E-state index in [1.54, 1.807) is 25.2 Å². The summed E-state index contributed by atoms with van der Waals surface area (Å²) in [5.41, 5.74) is 4.47. The van der Waals surface area contributed by atoms with E-state index in [9.17, 15) is 14.0 Å². The molecule has 0 bridgehead atoms. The van der Waals surface area contributed by atoms with Crippen LogP contribution in [-0.4, -0.2) is 24.4 Å². The number of nitrogens with one attached hydrogen (secondary N) is 2. The lowest BCUT2D eigenvalue weighted by Gasteiger charge is -2.21. The third-order valence-corrected chi connectivity index (χ3v) is 5.55. The van der Waals surface area contributed by atoms with Gasteiger partial charge in [-0.05, 0) is 92.9 Å². The molecule has 0 aliphatic rings. The zero-order valence-electron chi connectivity index (χ0n) is 19.9. The molecule has 0 radical (unpaired) electrons. The monoisotopic (exact) mass is 458 g/mol. The minimum absolute atomic E-state index is 0.150. The first-order valence-electron chi connectivity index (χ1n) is 11.1. The Balaban J connectivity index is 1.86. The molecule has 1 heterocycles. The summed E-state index contributed by atoms with van der Waals surface area (Å²) in [5.74, 6) is -0.441. The standard InChI is InChI=1S/C28H27FN2O3/c1-16-6-7-19(26(32)31-28(2,3)4)15-21(16)18-10-13-23-22(14-18)24(27(33)30-5)25(34-23)17-8-11-20(29)12-9-17/h6-15H,1-5H3,(H,30,33)(H,31,32). The van der Waals surface area contributed by atoms with Gasteiger partial charge in [0, 0.05) is 29.1 Å². The molecule has 0 aliphatic heterocycles. The number of hydrogen-bond donors (Lipinski definition) is 2. The molecule has 6 heteroatoms. The van der Waals surface area contributed by atoms with Crippen molar-refractivity contribution in [2.75, 3.05) is 7.05 Å². The Labute approximate surface area is 198 Å². The van der Waals surface area contributed by atoms with E-state index in [2.05, 4.69) is 10.6 Å². The van der Waals surface area contributed by atoms with E-state index in [0.29, 0.717) is 33.4 Å². The second-order valence-electron chi connectivity index (χ2n) is 9.34. The van der Waals surface area contributed by atoms with Gasteiger partial charge in [0.1, 0.15) is 17.2 Å². The van der Waals surface area contributed by atoms with Gasteiger partial charge in [-0.25, -0.2) is 4.39 Å². The topological polar surface area (TPSA) is 71.3 Å². The van der Waals surface area contributed by atoms with Crippen LogP contribution in [0.15, 0.2) is 65.1 Å². The van der Waals surface area contributed by atoms with Gasteiger partial charge in [0.2, 0.25) is 0 Å². The zero-order valence-corrected chi connectivity index (χ0v) is 19.9. The fourth-order valence-electron chi connectivity index (χ4n) is 3.91. The summed E-state index contributed by atoms with van der Waals surface area (Å²) >= 11 is 0. The molecular formula is C28H27FN2O3. The first-order valence-corrected chi connectivity index (χ1v) is 11.1. The van der Waals surface area contributed by atoms with E-state index >= 15 is 0 Å². The van der Waals surface area contributed by atoms with Crippen molar-refractivity contribution in [3.05, 3.63) is 83.2 Å². The summed E-state index contributed by atoms with van der Waals surface area (Å²) in [7, 11) is 1.56. The number of hydrogen-bond acceptors (Lipinski definition) is 3. The van der Waals surface area contributed by atoms with Crippen molar-refractivity contribution in [3.63, 3.8) is 0 Å². The molecule has 34 heavy (non-hydrogen) atoms. The summed E-state index contributed by atoms with van der Waals surface area (Å²) < 4.78 is 19.5. The average molecular weight is 459 g/mol. The Morgan fingerprint density at radius 1 is 0.882 bits per heavy atom. The van der Waals surface area contributed by atoms with Gasteiger partial charge in [0.15, 0.2) is 0 Å². The third-order valence-electron chi connectivity index (χ3n) is 5.55. The molecule has 0 aliphatic carbocycles. The van der Waals surface area contributed by atoms with Crippen LogP contribution in [0.3, 0.4) is 0 Å². The minimum atomic E-state index is -0.366. The molecule has 2 N–H and O–H groups in total. The molecule has 0 saturated carbocycles. The summed E-state index contributed by atoms with van der Waals surface area (Å²) in [6, 6.07) is 17.0. The molecule has 5 nitrogen and oxygen atoms in total. The van der Waals surface area contributed by atoms with Crippen LogP contribution in [0, 0.1) is 12.7 Å². The quantitative estimate of drug-likeness (QED) is 0.388. The van der Waals surface area contributed by atoms with Crippen LogP contribution >= 0.6 is 0 Å². The maximum atomic E-state index is 13.5. The van der Waals surface area contributed by atoms with E-state index < -0.39 is 0 Å². The number of carbonyl (C=O) groups is 2. The summed E-state index contributed by atoms with van der Waals surface area (Å²) in [4.78, 5) is 25.6. The number of fused-ring (bicyclic) bond motifs is 1. The van der Waals surface area contributed by atoms with Gasteiger partial charge in [-0.15, -0.1) is 0 Å². The molecule has 0 fully saturated rings. The van der Waals surface area contributed by atoms with Crippen molar-refractivity contribution >= 4 is 22.8 Å². The highest BCUT2D eigenvalue weighted by atomic mass is 19.1. The van der Waals surface area contributed by atoms with Crippen molar-refractivity contribution < 1.29 is 18.4 Å². The van der Waals surface area contributed by atoms with Crippen LogP contribution in [-0.2, 0) is 0 Å². The minimum Gasteiger partial charge on any atom is -0.455 e. The molecule has 2 amide bonds. The third kappa shape index (κ3) is 4.57. The second-order valence-corrected chi connectivity index (χ2v) is 9.34. The molecule has 1 aromatic heterocycles. The first kappa shape index (κ1) is 23.2. The number of rotatable bonds is 4. The Kier molecular flexibility index (Phi) is 6.00. The smallest absolute Gasteiger partial charge is 0.255 e. The Hall–Kier alpha value is -3.93.